The fourth-order valence-corrected chi connectivity index (χ4v) is 3.22. The van der Waals surface area contributed by atoms with Crippen molar-refractivity contribution in [2.75, 3.05) is 5.32 Å². The molecule has 0 bridgehead atoms. The molecular weight excluding hydrogens is 306 g/mol. The lowest BCUT2D eigenvalue weighted by atomic mass is 10.0. The molecule has 0 aromatic carbocycles. The van der Waals surface area contributed by atoms with Crippen molar-refractivity contribution in [1.29, 1.82) is 5.26 Å². The van der Waals surface area contributed by atoms with Gasteiger partial charge >= 0.3 is 0 Å². The maximum absolute atomic E-state index is 12.1. The van der Waals surface area contributed by atoms with Gasteiger partial charge in [0.25, 0.3) is 5.91 Å². The predicted molar refractivity (Wildman–Crippen MR) is 86.5 cm³/mol. The summed E-state index contributed by atoms with van der Waals surface area (Å²) in [6.45, 7) is 0. The van der Waals surface area contributed by atoms with Gasteiger partial charge in [0, 0.05) is 30.4 Å². The quantitative estimate of drug-likeness (QED) is 0.888. The van der Waals surface area contributed by atoms with Gasteiger partial charge in [-0.05, 0) is 19.3 Å². The molecule has 2 atom stereocenters. The van der Waals surface area contributed by atoms with Crippen LogP contribution in [0, 0.1) is 17.2 Å². The third kappa shape index (κ3) is 2.44. The van der Waals surface area contributed by atoms with Crippen LogP contribution in [0.25, 0.3) is 11.4 Å². The number of nitrogens with zero attached hydrogens (tertiary/aromatic N) is 5. The molecule has 24 heavy (non-hydrogen) atoms. The predicted octanol–water partition coefficient (Wildman–Crippen LogP) is 1.74. The zero-order valence-corrected chi connectivity index (χ0v) is 12.9. The topological polar surface area (TPSA) is 120 Å². The highest BCUT2D eigenvalue weighted by molar-refractivity contribution is 6.03. The number of nitrogens with one attached hydrogen (secondary N) is 2. The Morgan fingerprint density at radius 1 is 1.33 bits per heavy atom. The summed E-state index contributed by atoms with van der Waals surface area (Å²) in [6, 6.07) is 2.39. The van der Waals surface area contributed by atoms with Crippen LogP contribution < -0.4 is 5.32 Å². The molecule has 2 N–H and O–H groups in total. The van der Waals surface area contributed by atoms with E-state index in [4.69, 9.17) is 0 Å². The number of hydrogen-bond donors (Lipinski definition) is 2. The standard InChI is InChI=1S/C16H15N7O/c17-6-9-2-1-3-12(9)21-15-11-4-5-18-16(24)13(11)22-14(23-15)10-7-19-20-8-10/h5,7-9,12H,1-4H2,(H,19,20)(H,21,22,23). The fraction of sp³-hybridized carbons (Fsp3) is 0.375. The van der Waals surface area contributed by atoms with Gasteiger partial charge in [0.05, 0.1) is 23.7 Å². The van der Waals surface area contributed by atoms with Gasteiger partial charge in [-0.15, -0.1) is 0 Å². The third-order valence-electron chi connectivity index (χ3n) is 4.47. The first-order valence-electron chi connectivity index (χ1n) is 7.89. The number of carbonyl (C=O) groups is 1. The number of aromatic amines is 1. The summed E-state index contributed by atoms with van der Waals surface area (Å²) >= 11 is 0. The normalized spacial score (nSPS) is 22.2. The van der Waals surface area contributed by atoms with Gasteiger partial charge in [-0.1, -0.05) is 0 Å². The Kier molecular flexibility index (Phi) is 3.54. The lowest BCUT2D eigenvalue weighted by Gasteiger charge is -2.21. The van der Waals surface area contributed by atoms with Crippen LogP contribution in [0.4, 0.5) is 5.82 Å². The summed E-state index contributed by atoms with van der Waals surface area (Å²) in [5, 5.41) is 19.3. The minimum Gasteiger partial charge on any atom is -0.366 e. The Bertz CT molecular complexity index is 850. The average molecular weight is 321 g/mol. The van der Waals surface area contributed by atoms with Gasteiger partial charge in [-0.3, -0.25) is 9.89 Å². The van der Waals surface area contributed by atoms with Crippen molar-refractivity contribution < 1.29 is 4.79 Å². The van der Waals surface area contributed by atoms with Crippen LogP contribution >= 0.6 is 0 Å². The van der Waals surface area contributed by atoms with Gasteiger partial charge < -0.3 is 5.32 Å². The number of fused-ring (bicyclic) bond motifs is 1. The Morgan fingerprint density at radius 2 is 2.25 bits per heavy atom. The van der Waals surface area contributed by atoms with Gasteiger partial charge in [0.1, 0.15) is 11.5 Å². The molecule has 8 nitrogen and oxygen atoms in total. The van der Waals surface area contributed by atoms with Crippen LogP contribution in [0.2, 0.25) is 0 Å². The molecular formula is C16H15N7O. The first kappa shape index (κ1) is 14.5. The minimum absolute atomic E-state index is 0.0408. The molecule has 3 heterocycles. The van der Waals surface area contributed by atoms with E-state index in [1.165, 1.54) is 0 Å². The lowest BCUT2D eigenvalue weighted by molar-refractivity contribution is 0.0996. The summed E-state index contributed by atoms with van der Waals surface area (Å²) in [7, 11) is 0. The zero-order valence-electron chi connectivity index (χ0n) is 12.9. The molecule has 4 rings (SSSR count). The highest BCUT2D eigenvalue weighted by Gasteiger charge is 2.30. The molecule has 120 valence electrons. The second kappa shape index (κ2) is 5.85. The number of nitriles is 1. The maximum Gasteiger partial charge on any atom is 0.295 e. The molecule has 2 unspecified atom stereocenters. The fourth-order valence-electron chi connectivity index (χ4n) is 3.22. The monoisotopic (exact) mass is 321 g/mol. The highest BCUT2D eigenvalue weighted by Crippen LogP contribution is 2.31. The SMILES string of the molecule is N#CC1CCCC1Nc1nc(-c2cn[nH]c2)nc2c1CC=NC2=O. The van der Waals surface area contributed by atoms with Gasteiger partial charge in [0.15, 0.2) is 5.82 Å². The number of carbonyl (C=O) groups excluding carboxylic acids is 1. The average Bonchev–Trinajstić information content (AvgIpc) is 3.26. The van der Waals surface area contributed by atoms with Crippen LogP contribution in [0.3, 0.4) is 0 Å². The third-order valence-corrected chi connectivity index (χ3v) is 4.47. The van der Waals surface area contributed by atoms with E-state index in [0.29, 0.717) is 29.3 Å². The Balaban J connectivity index is 1.77. The summed E-state index contributed by atoms with van der Waals surface area (Å²) in [4.78, 5) is 24.9. The molecule has 8 heteroatoms. The minimum atomic E-state index is -0.366. The lowest BCUT2D eigenvalue weighted by Crippen LogP contribution is -2.26. The summed E-state index contributed by atoms with van der Waals surface area (Å²) in [5.74, 6) is 0.625. The van der Waals surface area contributed by atoms with E-state index in [2.05, 4.69) is 36.5 Å². The largest absolute Gasteiger partial charge is 0.366 e. The van der Waals surface area contributed by atoms with E-state index < -0.39 is 0 Å². The van der Waals surface area contributed by atoms with Gasteiger partial charge in [-0.25, -0.2) is 15.0 Å². The molecule has 2 aromatic heterocycles. The molecule has 2 aromatic rings. The van der Waals surface area contributed by atoms with Crippen molar-refractivity contribution in [3.8, 4) is 17.5 Å². The van der Waals surface area contributed by atoms with Crippen molar-refractivity contribution in [3.63, 3.8) is 0 Å². The maximum atomic E-state index is 12.1. The second-order valence-electron chi connectivity index (χ2n) is 5.95. The summed E-state index contributed by atoms with van der Waals surface area (Å²) < 4.78 is 0. The smallest absolute Gasteiger partial charge is 0.295 e. The van der Waals surface area contributed by atoms with E-state index in [1.807, 2.05) is 0 Å². The number of rotatable bonds is 3. The van der Waals surface area contributed by atoms with Crippen LogP contribution in [0.1, 0.15) is 35.3 Å². The highest BCUT2D eigenvalue weighted by atomic mass is 16.1. The molecule has 0 spiro atoms. The number of anilines is 1. The van der Waals surface area contributed by atoms with Crippen molar-refractivity contribution >= 4 is 17.9 Å². The zero-order chi connectivity index (χ0) is 16.5. The first-order valence-corrected chi connectivity index (χ1v) is 7.89. The van der Waals surface area contributed by atoms with E-state index in [9.17, 15) is 10.1 Å². The Hall–Kier alpha value is -3.08. The summed E-state index contributed by atoms with van der Waals surface area (Å²) in [6.07, 6.45) is 8.17. The number of aromatic nitrogens is 4. The summed E-state index contributed by atoms with van der Waals surface area (Å²) in [5.41, 5.74) is 1.76. The van der Waals surface area contributed by atoms with Gasteiger partial charge in [-0.2, -0.15) is 10.4 Å². The number of H-pyrrole nitrogens is 1. The van der Waals surface area contributed by atoms with E-state index in [-0.39, 0.29) is 17.9 Å². The molecule has 1 aliphatic heterocycles. The van der Waals surface area contributed by atoms with Crippen LogP contribution in [0.5, 0.6) is 0 Å². The molecule has 1 saturated carbocycles. The van der Waals surface area contributed by atoms with E-state index in [0.717, 1.165) is 24.8 Å². The van der Waals surface area contributed by atoms with Gasteiger partial charge in [0.2, 0.25) is 0 Å². The molecule has 0 radical (unpaired) electrons. The first-order chi connectivity index (χ1) is 11.8. The van der Waals surface area contributed by atoms with Crippen LogP contribution in [-0.4, -0.2) is 38.3 Å². The van der Waals surface area contributed by atoms with E-state index >= 15 is 0 Å². The molecule has 1 aliphatic carbocycles. The number of aliphatic imine (C=N–C) groups is 1. The van der Waals surface area contributed by atoms with Crippen molar-refractivity contribution in [2.45, 2.75) is 31.7 Å². The van der Waals surface area contributed by atoms with Crippen molar-refractivity contribution in [3.05, 3.63) is 23.7 Å². The number of hydrogen-bond acceptors (Lipinski definition) is 6. The molecule has 2 aliphatic rings. The molecule has 1 amide bonds. The molecule has 0 saturated heterocycles. The van der Waals surface area contributed by atoms with Crippen LogP contribution in [-0.2, 0) is 6.42 Å². The van der Waals surface area contributed by atoms with E-state index in [1.54, 1.807) is 18.6 Å². The Morgan fingerprint density at radius 3 is 3.04 bits per heavy atom. The molecule has 1 fully saturated rings. The van der Waals surface area contributed by atoms with Crippen LogP contribution in [0.15, 0.2) is 17.4 Å². The number of amides is 1. The second-order valence-corrected chi connectivity index (χ2v) is 5.95. The Labute approximate surface area is 138 Å². The van der Waals surface area contributed by atoms with Crippen molar-refractivity contribution in [1.82, 2.24) is 20.2 Å². The van der Waals surface area contributed by atoms with Crippen molar-refractivity contribution in [2.24, 2.45) is 10.9 Å².